The molecule has 81 heavy (non-hydrogen) atoms. The van der Waals surface area contributed by atoms with E-state index in [0.717, 1.165) is 102 Å². The molecule has 0 bridgehead atoms. The quantitative estimate of drug-likeness (QED) is 0.0841. The van der Waals surface area contributed by atoms with Crippen molar-refractivity contribution in [1.82, 2.24) is 0 Å². The molecule has 0 aliphatic carbocycles. The smallest absolute Gasteiger partial charge is 0.178 e. The third kappa shape index (κ3) is 16.4. The van der Waals surface area contributed by atoms with Gasteiger partial charge in [-0.3, -0.25) is 0 Å². The average molecular weight is 1170 g/mol. The van der Waals surface area contributed by atoms with Gasteiger partial charge in [0, 0.05) is 26.0 Å². The van der Waals surface area contributed by atoms with E-state index in [9.17, 15) is 16.8 Å². The highest BCUT2D eigenvalue weighted by molar-refractivity contribution is 7.91. The van der Waals surface area contributed by atoms with Crippen LogP contribution in [-0.2, 0) is 48.1 Å². The maximum Gasteiger partial charge on any atom is 0.178 e. The topological polar surface area (TPSA) is 124 Å². The van der Waals surface area contributed by atoms with Crippen molar-refractivity contribution in [2.24, 2.45) is 53.3 Å². The maximum absolute atomic E-state index is 13.5. The van der Waals surface area contributed by atoms with Crippen molar-refractivity contribution in [3.8, 4) is 0 Å². The SMILES string of the molecule is C=C([C@H](C)CC1O[C@H](C[C@H](C)CC)[C@H](C)[C@H]1CS(=O)(=O)c1ccccc1)[C@H](C)C[C@H]1CC[C@@H]2O[C@@H](C)C[C@]2(CC)O1.[3H][C@@H](CC1O[C@H](CC(C)CC)[C@H](C)[C@H]1CS(=O)(=O)c1ccccc1)C(=C)[C@H](C)CC1CC[C@@H]2O[C@@H](C)C[C@]2(CC)O1. The number of benzene rings is 2. The maximum atomic E-state index is 13.5. The number of hydrogen-bond donors (Lipinski definition) is 0. The molecule has 22 atom stereocenters. The van der Waals surface area contributed by atoms with Crippen LogP contribution in [0.5, 0.6) is 0 Å². The van der Waals surface area contributed by atoms with Crippen LogP contribution in [0.2, 0.25) is 0 Å². The monoisotopic (exact) mass is 1160 g/mol. The Labute approximate surface area is 494 Å². The number of ether oxygens (including phenoxy) is 6. The van der Waals surface area contributed by atoms with E-state index in [1.54, 1.807) is 48.5 Å². The van der Waals surface area contributed by atoms with Gasteiger partial charge in [-0.2, -0.15) is 0 Å². The third-order valence-electron chi connectivity index (χ3n) is 20.9. The summed E-state index contributed by atoms with van der Waals surface area (Å²) in [7, 11) is -6.88. The summed E-state index contributed by atoms with van der Waals surface area (Å²) in [6.45, 7) is 37.6. The molecule has 6 fully saturated rings. The summed E-state index contributed by atoms with van der Waals surface area (Å²) in [5.74, 6) is 2.03. The molecule has 2 aromatic rings. The van der Waals surface area contributed by atoms with E-state index in [1.807, 2.05) is 12.1 Å². The van der Waals surface area contributed by atoms with Crippen molar-refractivity contribution >= 4 is 19.7 Å². The van der Waals surface area contributed by atoms with Gasteiger partial charge in [0.25, 0.3) is 0 Å². The minimum Gasteiger partial charge on any atom is -0.374 e. The molecular weight excluding hydrogens is 1050 g/mol. The van der Waals surface area contributed by atoms with Gasteiger partial charge in [-0.25, -0.2) is 16.8 Å². The Balaban J connectivity index is 0.000000236. The van der Waals surface area contributed by atoms with Gasteiger partial charge < -0.3 is 28.4 Å². The van der Waals surface area contributed by atoms with Crippen LogP contribution in [0.3, 0.4) is 0 Å². The minimum atomic E-state index is -3.47. The van der Waals surface area contributed by atoms with E-state index in [0.29, 0.717) is 34.0 Å². The van der Waals surface area contributed by atoms with Crippen LogP contribution in [-0.4, -0.2) is 101 Å². The molecule has 0 spiro atoms. The Bertz CT molecular complexity index is 2390. The van der Waals surface area contributed by atoms with Gasteiger partial charge in [-0.1, -0.05) is 150 Å². The first-order valence-corrected chi connectivity index (χ1v) is 35.4. The van der Waals surface area contributed by atoms with Gasteiger partial charge >= 0.3 is 0 Å². The van der Waals surface area contributed by atoms with Gasteiger partial charge in [-0.05, 0) is 163 Å². The first-order chi connectivity index (χ1) is 38.8. The number of sulfone groups is 2. The second-order valence-corrected chi connectivity index (χ2v) is 31.0. The number of hydrogen-bond acceptors (Lipinski definition) is 10. The Kier molecular flexibility index (Phi) is 23.0. The minimum absolute atomic E-state index is 0.00801. The fraction of sp³-hybridized carbons (Fsp3) is 0.768. The van der Waals surface area contributed by atoms with Crippen LogP contribution in [0, 0.1) is 53.3 Å². The second kappa shape index (κ2) is 28.8. The van der Waals surface area contributed by atoms with Crippen LogP contribution >= 0.6 is 0 Å². The summed E-state index contributed by atoms with van der Waals surface area (Å²) >= 11 is 0. The molecule has 458 valence electrons. The Hall–Kier alpha value is -2.42. The van der Waals surface area contributed by atoms with Gasteiger partial charge in [0.05, 0.1) is 93.5 Å². The molecule has 6 aliphatic rings. The van der Waals surface area contributed by atoms with E-state index < -0.39 is 26.1 Å². The van der Waals surface area contributed by atoms with E-state index in [4.69, 9.17) is 29.8 Å². The van der Waals surface area contributed by atoms with Crippen LogP contribution in [0.25, 0.3) is 0 Å². The second-order valence-electron chi connectivity index (χ2n) is 26.9. The zero-order valence-corrected chi connectivity index (χ0v) is 54.0. The van der Waals surface area contributed by atoms with Crippen molar-refractivity contribution in [3.63, 3.8) is 0 Å². The molecule has 6 aliphatic heterocycles. The molecule has 0 amide bonds. The summed E-state index contributed by atoms with van der Waals surface area (Å²) in [5.41, 5.74) is 1.80. The molecule has 6 heterocycles. The molecule has 10 nitrogen and oxygen atoms in total. The number of rotatable bonds is 26. The highest BCUT2D eigenvalue weighted by Crippen LogP contribution is 2.48. The fourth-order valence-electron chi connectivity index (χ4n) is 15.0. The summed E-state index contributed by atoms with van der Waals surface area (Å²) < 4.78 is 102. The van der Waals surface area contributed by atoms with Gasteiger partial charge in [0.2, 0.25) is 0 Å². The lowest BCUT2D eigenvalue weighted by atomic mass is 9.79. The van der Waals surface area contributed by atoms with Gasteiger partial charge in [0.1, 0.15) is 0 Å². The molecule has 0 N–H and O–H groups in total. The Morgan fingerprint density at radius 2 is 0.963 bits per heavy atom. The highest BCUT2D eigenvalue weighted by atomic mass is 32.2. The predicted octanol–water partition coefficient (Wildman–Crippen LogP) is 15.8. The van der Waals surface area contributed by atoms with Gasteiger partial charge in [0.15, 0.2) is 19.7 Å². The van der Waals surface area contributed by atoms with Crippen molar-refractivity contribution in [3.05, 3.63) is 85.0 Å². The van der Waals surface area contributed by atoms with E-state index >= 15 is 0 Å². The summed E-state index contributed by atoms with van der Waals surface area (Å²) in [5, 5.41) is 0. The molecule has 2 aromatic carbocycles. The number of allylic oxidation sites excluding steroid dienone is 2. The van der Waals surface area contributed by atoms with Crippen molar-refractivity contribution in [2.45, 2.75) is 281 Å². The molecule has 4 unspecified atom stereocenters. The first kappa shape index (κ1) is 64.6. The van der Waals surface area contributed by atoms with Crippen molar-refractivity contribution in [2.75, 3.05) is 11.5 Å². The van der Waals surface area contributed by atoms with Crippen LogP contribution in [0.4, 0.5) is 0 Å². The lowest BCUT2D eigenvalue weighted by Crippen LogP contribution is -2.48. The first-order valence-electron chi connectivity index (χ1n) is 32.7. The summed E-state index contributed by atoms with van der Waals surface area (Å²) in [6.07, 6.45) is 15.6. The number of fused-ring (bicyclic) bond motifs is 2. The van der Waals surface area contributed by atoms with E-state index in [1.165, 1.54) is 5.57 Å². The normalized spacial score (nSPS) is 36.5. The largest absolute Gasteiger partial charge is 0.374 e. The molecule has 6 saturated heterocycles. The summed E-state index contributed by atoms with van der Waals surface area (Å²) in [6, 6.07) is 17.6. The molecular formula is C69H110O10S2. The van der Waals surface area contributed by atoms with Crippen LogP contribution < -0.4 is 0 Å². The molecule has 8 rings (SSSR count). The standard InChI is InChI=1S/C35H56O5S.C34H54O5S/c1-9-23(3)18-32-28(8)31(22-41(36,37)30-14-12-11-13-15-30)33(39-32)20-25(5)27(7)24(4)19-29-16-17-34-35(10-2,40-29)21-26(6)38-34;1-8-23(3)19-32-27(7)30(22-40(35,36)29-13-11-10-12-14-29)31(38-32)17-15-24(4)25(5)20-28-16-18-33-34(9-2,39-28)21-26(6)37-33/h11-15,23-26,28-29,31-34H,7,9-10,16-22H2,1-6,8H3;10-14,23,25-28,30-33H,4,8-9,15-22H2,1-3,5-7H3/t23-,24-,25-,26+,28-,29-,31-,32-,33?,34+,35+;23?,25-,26+,27-,28?,30-,31?,32-,33+,34+/m11/s1/i;15T/t;15-,23?,25+,26-,27+,28?,30+,31?,32+,33-,34-/m.0. The summed E-state index contributed by atoms with van der Waals surface area (Å²) in [4.78, 5) is 0.766. The highest BCUT2D eigenvalue weighted by Gasteiger charge is 2.53. The van der Waals surface area contributed by atoms with Crippen LogP contribution in [0.1, 0.15) is 201 Å². The Morgan fingerprint density at radius 1 is 0.556 bits per heavy atom. The van der Waals surface area contributed by atoms with E-state index in [-0.39, 0.29) is 119 Å². The molecule has 0 aromatic heterocycles. The zero-order chi connectivity index (χ0) is 59.9. The Morgan fingerprint density at radius 3 is 1.40 bits per heavy atom. The third-order valence-corrected chi connectivity index (χ3v) is 24.6. The average Bonchev–Trinajstić information content (AvgIpc) is 3.77. The predicted molar refractivity (Wildman–Crippen MR) is 329 cm³/mol. The van der Waals surface area contributed by atoms with Crippen molar-refractivity contribution < 1.29 is 46.6 Å². The fourth-order valence-corrected chi connectivity index (χ4v) is 18.6. The van der Waals surface area contributed by atoms with Crippen LogP contribution in [0.15, 0.2) is 94.8 Å². The van der Waals surface area contributed by atoms with E-state index in [2.05, 4.69) is 103 Å². The molecule has 12 heteroatoms. The van der Waals surface area contributed by atoms with Gasteiger partial charge in [-0.15, -0.1) is 0 Å². The van der Waals surface area contributed by atoms with Crippen molar-refractivity contribution in [1.29, 1.82) is 0 Å². The lowest BCUT2D eigenvalue weighted by molar-refractivity contribution is -0.170. The zero-order valence-electron chi connectivity index (χ0n) is 53.4. The lowest BCUT2D eigenvalue weighted by Gasteiger charge is -2.42. The molecule has 0 saturated carbocycles. The molecule has 0 radical (unpaired) electrons.